The number of hydrazine groups is 1. The maximum atomic E-state index is 12.2. The molecule has 0 radical (unpaired) electrons. The number of carbonyl (C=O) groups excluding carboxylic acids is 2. The van der Waals surface area contributed by atoms with Crippen LogP contribution in [-0.2, 0) is 4.79 Å². The average Bonchev–Trinajstić information content (AvgIpc) is 2.66. The molecule has 0 aromatic heterocycles. The van der Waals surface area contributed by atoms with E-state index < -0.39 is 11.8 Å². The SMILES string of the molecule is COc1ccc(C(=O)NNC(=O)COc2cc(C)c(Br)cc2C(C)C)cc1Br. The van der Waals surface area contributed by atoms with Crippen LogP contribution >= 0.6 is 31.9 Å². The Kier molecular flexibility index (Phi) is 7.88. The van der Waals surface area contributed by atoms with Crippen molar-refractivity contribution in [2.45, 2.75) is 26.7 Å². The summed E-state index contributed by atoms with van der Waals surface area (Å²) < 4.78 is 12.4. The Morgan fingerprint density at radius 3 is 2.36 bits per heavy atom. The third-order valence-electron chi connectivity index (χ3n) is 4.00. The molecule has 2 aromatic carbocycles. The van der Waals surface area contributed by atoms with E-state index in [0.29, 0.717) is 21.5 Å². The van der Waals surface area contributed by atoms with Gasteiger partial charge in [0.1, 0.15) is 11.5 Å². The first-order valence-corrected chi connectivity index (χ1v) is 10.2. The third kappa shape index (κ3) is 5.72. The molecular formula is C20H22Br2N2O4. The molecule has 0 aliphatic carbocycles. The summed E-state index contributed by atoms with van der Waals surface area (Å²) in [6, 6.07) is 8.75. The quantitative estimate of drug-likeness (QED) is 0.558. The highest BCUT2D eigenvalue weighted by molar-refractivity contribution is 9.10. The van der Waals surface area contributed by atoms with Crippen LogP contribution in [-0.4, -0.2) is 25.5 Å². The maximum Gasteiger partial charge on any atom is 0.276 e. The minimum atomic E-state index is -0.462. The average molecular weight is 514 g/mol. The van der Waals surface area contributed by atoms with Gasteiger partial charge < -0.3 is 9.47 Å². The van der Waals surface area contributed by atoms with Crippen molar-refractivity contribution in [3.05, 3.63) is 56.0 Å². The van der Waals surface area contributed by atoms with Crippen molar-refractivity contribution in [1.82, 2.24) is 10.9 Å². The van der Waals surface area contributed by atoms with Gasteiger partial charge in [-0.2, -0.15) is 0 Å². The summed E-state index contributed by atoms with van der Waals surface area (Å²) in [6.07, 6.45) is 0. The van der Waals surface area contributed by atoms with Crippen LogP contribution in [0.2, 0.25) is 0 Å². The topological polar surface area (TPSA) is 76.7 Å². The van der Waals surface area contributed by atoms with Crippen LogP contribution in [0, 0.1) is 6.92 Å². The standard InChI is InChI=1S/C20H22Br2N2O4/c1-11(2)14-9-15(21)12(3)7-18(14)28-10-19(25)23-24-20(26)13-5-6-17(27-4)16(22)8-13/h5-9,11H,10H2,1-4H3,(H,23,25)(H,24,26). The van der Waals surface area contributed by atoms with Crippen molar-refractivity contribution < 1.29 is 19.1 Å². The molecule has 0 saturated heterocycles. The molecule has 0 heterocycles. The van der Waals surface area contributed by atoms with Crippen molar-refractivity contribution in [1.29, 1.82) is 0 Å². The number of methoxy groups -OCH3 is 1. The van der Waals surface area contributed by atoms with Crippen LogP contribution in [0.5, 0.6) is 11.5 Å². The Bertz CT molecular complexity index is 885. The molecule has 0 bridgehead atoms. The lowest BCUT2D eigenvalue weighted by atomic mass is 10.0. The van der Waals surface area contributed by atoms with E-state index in [1.165, 1.54) is 7.11 Å². The molecule has 0 aliphatic heterocycles. The second-order valence-corrected chi connectivity index (χ2v) is 8.14. The molecule has 8 heteroatoms. The van der Waals surface area contributed by atoms with E-state index in [2.05, 4.69) is 56.6 Å². The van der Waals surface area contributed by atoms with Gasteiger partial charge in [0.25, 0.3) is 11.8 Å². The van der Waals surface area contributed by atoms with Gasteiger partial charge in [0, 0.05) is 10.0 Å². The second kappa shape index (κ2) is 9.93. The lowest BCUT2D eigenvalue weighted by Crippen LogP contribution is -2.43. The van der Waals surface area contributed by atoms with E-state index in [9.17, 15) is 9.59 Å². The Balaban J connectivity index is 1.94. The predicted octanol–water partition coefficient (Wildman–Crippen LogP) is 4.49. The first kappa shape index (κ1) is 22.2. The lowest BCUT2D eigenvalue weighted by molar-refractivity contribution is -0.123. The zero-order chi connectivity index (χ0) is 20.8. The van der Waals surface area contributed by atoms with Crippen molar-refractivity contribution in [3.63, 3.8) is 0 Å². The van der Waals surface area contributed by atoms with E-state index >= 15 is 0 Å². The summed E-state index contributed by atoms with van der Waals surface area (Å²) in [6.45, 7) is 5.84. The van der Waals surface area contributed by atoms with E-state index in [1.54, 1.807) is 18.2 Å². The summed E-state index contributed by atoms with van der Waals surface area (Å²) in [4.78, 5) is 24.2. The van der Waals surface area contributed by atoms with Gasteiger partial charge in [0.2, 0.25) is 0 Å². The first-order chi connectivity index (χ1) is 13.2. The van der Waals surface area contributed by atoms with Crippen LogP contribution in [0.25, 0.3) is 0 Å². The van der Waals surface area contributed by atoms with Crippen LogP contribution in [0.3, 0.4) is 0 Å². The van der Waals surface area contributed by atoms with E-state index in [1.807, 2.05) is 19.1 Å². The molecule has 0 spiro atoms. The number of rotatable bonds is 6. The summed E-state index contributed by atoms with van der Waals surface area (Å²) in [7, 11) is 1.54. The van der Waals surface area contributed by atoms with Gasteiger partial charge in [-0.05, 0) is 70.2 Å². The van der Waals surface area contributed by atoms with Crippen LogP contribution < -0.4 is 20.3 Å². The number of hydrogen-bond donors (Lipinski definition) is 2. The highest BCUT2D eigenvalue weighted by atomic mass is 79.9. The van der Waals surface area contributed by atoms with Crippen molar-refractivity contribution in [2.24, 2.45) is 0 Å². The molecule has 2 amide bonds. The highest BCUT2D eigenvalue weighted by Crippen LogP contribution is 2.32. The molecule has 150 valence electrons. The molecule has 0 saturated carbocycles. The third-order valence-corrected chi connectivity index (χ3v) is 5.48. The van der Waals surface area contributed by atoms with Crippen molar-refractivity contribution in [3.8, 4) is 11.5 Å². The Labute approximate surface area is 181 Å². The number of ether oxygens (including phenoxy) is 2. The van der Waals surface area contributed by atoms with E-state index in [-0.39, 0.29) is 12.5 Å². The largest absolute Gasteiger partial charge is 0.496 e. The number of hydrogen-bond acceptors (Lipinski definition) is 4. The summed E-state index contributed by atoms with van der Waals surface area (Å²) >= 11 is 6.83. The molecule has 6 nitrogen and oxygen atoms in total. The zero-order valence-electron chi connectivity index (χ0n) is 16.1. The normalized spacial score (nSPS) is 10.5. The molecular weight excluding hydrogens is 492 g/mol. The monoisotopic (exact) mass is 512 g/mol. The molecule has 0 aliphatic rings. The molecule has 0 unspecified atom stereocenters. The number of halogens is 2. The maximum absolute atomic E-state index is 12.2. The number of carbonyl (C=O) groups is 2. The van der Waals surface area contributed by atoms with Gasteiger partial charge in [0.15, 0.2) is 6.61 Å². The number of aryl methyl sites for hydroxylation is 1. The molecule has 2 rings (SSSR count). The fraction of sp³-hybridized carbons (Fsp3) is 0.300. The van der Waals surface area contributed by atoms with E-state index in [4.69, 9.17) is 9.47 Å². The van der Waals surface area contributed by atoms with Crippen molar-refractivity contribution >= 4 is 43.7 Å². The molecule has 2 N–H and O–H groups in total. The number of nitrogens with one attached hydrogen (secondary N) is 2. The minimum absolute atomic E-state index is 0.215. The molecule has 0 atom stereocenters. The Morgan fingerprint density at radius 2 is 1.75 bits per heavy atom. The van der Waals surface area contributed by atoms with Crippen LogP contribution in [0.15, 0.2) is 39.3 Å². The summed E-state index contributed by atoms with van der Waals surface area (Å²) in [5.74, 6) is 0.592. The highest BCUT2D eigenvalue weighted by Gasteiger charge is 2.14. The van der Waals surface area contributed by atoms with Gasteiger partial charge in [0.05, 0.1) is 11.6 Å². The molecule has 0 fully saturated rings. The molecule has 2 aromatic rings. The van der Waals surface area contributed by atoms with Gasteiger partial charge in [-0.15, -0.1) is 0 Å². The number of benzene rings is 2. The smallest absolute Gasteiger partial charge is 0.276 e. The van der Waals surface area contributed by atoms with Gasteiger partial charge in [-0.25, -0.2) is 0 Å². The van der Waals surface area contributed by atoms with Crippen molar-refractivity contribution in [2.75, 3.05) is 13.7 Å². The minimum Gasteiger partial charge on any atom is -0.496 e. The lowest BCUT2D eigenvalue weighted by Gasteiger charge is -2.16. The van der Waals surface area contributed by atoms with Gasteiger partial charge in [-0.3, -0.25) is 20.4 Å². The van der Waals surface area contributed by atoms with Crippen LogP contribution in [0.4, 0.5) is 0 Å². The van der Waals surface area contributed by atoms with Crippen LogP contribution in [0.1, 0.15) is 41.3 Å². The second-order valence-electron chi connectivity index (χ2n) is 6.43. The summed E-state index contributed by atoms with van der Waals surface area (Å²) in [5, 5.41) is 0. The van der Waals surface area contributed by atoms with Gasteiger partial charge >= 0.3 is 0 Å². The summed E-state index contributed by atoms with van der Waals surface area (Å²) in [5.41, 5.74) is 7.11. The first-order valence-electron chi connectivity index (χ1n) is 8.58. The molecule has 28 heavy (non-hydrogen) atoms. The number of amides is 2. The Hall–Kier alpha value is -2.06. The fourth-order valence-corrected chi connectivity index (χ4v) is 3.33. The Morgan fingerprint density at radius 1 is 1.04 bits per heavy atom. The fourth-order valence-electron chi connectivity index (χ4n) is 2.43. The van der Waals surface area contributed by atoms with E-state index in [0.717, 1.165) is 15.6 Å². The predicted molar refractivity (Wildman–Crippen MR) is 115 cm³/mol. The van der Waals surface area contributed by atoms with Gasteiger partial charge in [-0.1, -0.05) is 29.8 Å². The zero-order valence-corrected chi connectivity index (χ0v) is 19.2.